The lowest BCUT2D eigenvalue weighted by atomic mass is 10.2. The van der Waals surface area contributed by atoms with E-state index in [1.807, 2.05) is 12.1 Å². The first-order chi connectivity index (χ1) is 7.81. The summed E-state index contributed by atoms with van der Waals surface area (Å²) in [5, 5.41) is 9.13. The van der Waals surface area contributed by atoms with Gasteiger partial charge >= 0.3 is 0 Å². The first kappa shape index (κ1) is 11.2. The second-order valence-corrected chi connectivity index (χ2v) is 4.28. The lowest BCUT2D eigenvalue weighted by Gasteiger charge is -2.29. The number of anilines is 2. The Hall–Kier alpha value is -1.29. The molecule has 0 radical (unpaired) electrons. The van der Waals surface area contributed by atoms with E-state index in [0.29, 0.717) is 18.4 Å². The van der Waals surface area contributed by atoms with Gasteiger partial charge in [-0.25, -0.2) is 4.98 Å². The third kappa shape index (κ3) is 2.44. The van der Waals surface area contributed by atoms with Gasteiger partial charge in [-0.05, 0) is 25.0 Å². The van der Waals surface area contributed by atoms with Crippen molar-refractivity contribution in [3.8, 4) is 0 Å². The topological polar surface area (TPSA) is 62.4 Å². The van der Waals surface area contributed by atoms with E-state index in [2.05, 4.69) is 9.88 Å². The number of aliphatic hydroxyl groups excluding tert-OH is 1. The first-order valence-corrected chi connectivity index (χ1v) is 5.91. The Balaban J connectivity index is 2.17. The van der Waals surface area contributed by atoms with Crippen LogP contribution >= 0.6 is 0 Å². The number of rotatable bonds is 4. The van der Waals surface area contributed by atoms with Crippen LogP contribution in [0.15, 0.2) is 18.2 Å². The van der Waals surface area contributed by atoms with Gasteiger partial charge < -0.3 is 15.7 Å². The highest BCUT2D eigenvalue weighted by Gasteiger charge is 2.23. The van der Waals surface area contributed by atoms with Gasteiger partial charge in [0.15, 0.2) is 0 Å². The summed E-state index contributed by atoms with van der Waals surface area (Å²) in [6, 6.07) is 6.18. The summed E-state index contributed by atoms with van der Waals surface area (Å²) in [7, 11) is 0. The number of nitrogen functional groups attached to an aromatic ring is 1. The van der Waals surface area contributed by atoms with Crippen LogP contribution in [0.1, 0.15) is 25.7 Å². The van der Waals surface area contributed by atoms with Crippen LogP contribution in [0.25, 0.3) is 0 Å². The average Bonchev–Trinajstić information content (AvgIpc) is 2.79. The third-order valence-corrected chi connectivity index (χ3v) is 3.16. The highest BCUT2D eigenvalue weighted by molar-refractivity contribution is 5.45. The van der Waals surface area contributed by atoms with Crippen molar-refractivity contribution in [2.24, 2.45) is 0 Å². The molecule has 4 nitrogen and oxygen atoms in total. The van der Waals surface area contributed by atoms with Crippen molar-refractivity contribution in [3.05, 3.63) is 18.2 Å². The minimum absolute atomic E-state index is 0.160. The van der Waals surface area contributed by atoms with Gasteiger partial charge in [0.1, 0.15) is 11.6 Å². The Kier molecular flexibility index (Phi) is 3.62. The second-order valence-electron chi connectivity index (χ2n) is 4.28. The van der Waals surface area contributed by atoms with Gasteiger partial charge in [0.25, 0.3) is 0 Å². The molecule has 2 rings (SSSR count). The zero-order valence-electron chi connectivity index (χ0n) is 9.47. The van der Waals surface area contributed by atoms with Crippen molar-refractivity contribution < 1.29 is 5.11 Å². The average molecular weight is 221 g/mol. The number of pyridine rings is 1. The van der Waals surface area contributed by atoms with Crippen LogP contribution in [0.5, 0.6) is 0 Å². The number of aromatic nitrogens is 1. The zero-order chi connectivity index (χ0) is 11.4. The highest BCUT2D eigenvalue weighted by Crippen LogP contribution is 2.27. The Morgan fingerprint density at radius 3 is 2.75 bits per heavy atom. The number of hydrogen-bond acceptors (Lipinski definition) is 4. The summed E-state index contributed by atoms with van der Waals surface area (Å²) < 4.78 is 0. The fourth-order valence-electron chi connectivity index (χ4n) is 2.41. The largest absolute Gasteiger partial charge is 0.395 e. The van der Waals surface area contributed by atoms with Gasteiger partial charge in [-0.2, -0.15) is 0 Å². The van der Waals surface area contributed by atoms with Crippen LogP contribution in [-0.2, 0) is 0 Å². The number of hydrogen-bond donors (Lipinski definition) is 2. The zero-order valence-corrected chi connectivity index (χ0v) is 9.47. The summed E-state index contributed by atoms with van der Waals surface area (Å²) in [4.78, 5) is 6.51. The molecule has 16 heavy (non-hydrogen) atoms. The lowest BCUT2D eigenvalue weighted by Crippen LogP contribution is -2.36. The van der Waals surface area contributed by atoms with E-state index in [0.717, 1.165) is 5.82 Å². The predicted molar refractivity (Wildman–Crippen MR) is 65.3 cm³/mol. The normalized spacial score (nSPS) is 16.6. The molecule has 0 saturated heterocycles. The molecule has 4 heteroatoms. The molecule has 1 aromatic heterocycles. The van der Waals surface area contributed by atoms with Gasteiger partial charge in [-0.1, -0.05) is 18.9 Å². The van der Waals surface area contributed by atoms with Crippen molar-refractivity contribution in [1.29, 1.82) is 0 Å². The van der Waals surface area contributed by atoms with E-state index in [4.69, 9.17) is 10.8 Å². The minimum Gasteiger partial charge on any atom is -0.395 e. The van der Waals surface area contributed by atoms with Gasteiger partial charge in [-0.3, -0.25) is 0 Å². The van der Waals surface area contributed by atoms with E-state index >= 15 is 0 Å². The fourth-order valence-corrected chi connectivity index (χ4v) is 2.41. The molecule has 1 aliphatic rings. The molecule has 1 heterocycles. The van der Waals surface area contributed by atoms with E-state index in [9.17, 15) is 0 Å². The van der Waals surface area contributed by atoms with Gasteiger partial charge in [-0.15, -0.1) is 0 Å². The van der Waals surface area contributed by atoms with Crippen molar-refractivity contribution >= 4 is 11.6 Å². The summed E-state index contributed by atoms with van der Waals surface area (Å²) in [5.41, 5.74) is 5.69. The van der Waals surface area contributed by atoms with Crippen LogP contribution in [0.2, 0.25) is 0 Å². The Morgan fingerprint density at radius 2 is 2.12 bits per heavy atom. The van der Waals surface area contributed by atoms with E-state index in [1.54, 1.807) is 6.07 Å². The predicted octanol–water partition coefficient (Wildman–Crippen LogP) is 1.41. The molecule has 1 saturated carbocycles. The van der Waals surface area contributed by atoms with Crippen molar-refractivity contribution in [2.75, 3.05) is 23.8 Å². The number of nitrogens with two attached hydrogens (primary N) is 1. The molecule has 0 atom stereocenters. The van der Waals surface area contributed by atoms with Crippen molar-refractivity contribution in [3.63, 3.8) is 0 Å². The molecule has 3 N–H and O–H groups in total. The maximum absolute atomic E-state index is 9.13. The third-order valence-electron chi connectivity index (χ3n) is 3.16. The minimum atomic E-state index is 0.160. The SMILES string of the molecule is Nc1cccc(N(CCO)C2CCCC2)n1. The van der Waals surface area contributed by atoms with Gasteiger partial charge in [0, 0.05) is 12.6 Å². The fraction of sp³-hybridized carbons (Fsp3) is 0.583. The van der Waals surface area contributed by atoms with Crippen LogP contribution in [0, 0.1) is 0 Å². The molecule has 0 amide bonds. The maximum atomic E-state index is 9.13. The van der Waals surface area contributed by atoms with E-state index < -0.39 is 0 Å². The smallest absolute Gasteiger partial charge is 0.131 e. The van der Waals surface area contributed by atoms with E-state index in [-0.39, 0.29) is 6.61 Å². The highest BCUT2D eigenvalue weighted by atomic mass is 16.3. The molecular formula is C12H19N3O. The van der Waals surface area contributed by atoms with Crippen LogP contribution in [-0.4, -0.2) is 29.3 Å². The van der Waals surface area contributed by atoms with Gasteiger partial charge in [0.05, 0.1) is 6.61 Å². The quantitative estimate of drug-likeness (QED) is 0.807. The number of nitrogens with zero attached hydrogens (tertiary/aromatic N) is 2. The van der Waals surface area contributed by atoms with E-state index in [1.165, 1.54) is 25.7 Å². The maximum Gasteiger partial charge on any atom is 0.131 e. The monoisotopic (exact) mass is 221 g/mol. The summed E-state index contributed by atoms with van der Waals surface area (Å²) >= 11 is 0. The molecular weight excluding hydrogens is 202 g/mol. The molecule has 1 fully saturated rings. The standard InChI is InChI=1S/C12H19N3O/c13-11-6-3-7-12(14-11)15(8-9-16)10-4-1-2-5-10/h3,6-7,10,16H,1-2,4-5,8-9H2,(H2,13,14). The molecule has 0 aromatic carbocycles. The Bertz CT molecular complexity index is 337. The summed E-state index contributed by atoms with van der Waals surface area (Å²) in [6.07, 6.45) is 4.93. The van der Waals surface area contributed by atoms with Crippen molar-refractivity contribution in [1.82, 2.24) is 4.98 Å². The molecule has 1 aliphatic carbocycles. The molecule has 0 unspecified atom stereocenters. The first-order valence-electron chi connectivity index (χ1n) is 5.91. The summed E-state index contributed by atoms with van der Waals surface area (Å²) in [6.45, 7) is 0.800. The van der Waals surface area contributed by atoms with Crippen molar-refractivity contribution in [2.45, 2.75) is 31.7 Å². The van der Waals surface area contributed by atoms with Crippen LogP contribution in [0.4, 0.5) is 11.6 Å². The molecule has 0 spiro atoms. The molecule has 0 bridgehead atoms. The molecule has 88 valence electrons. The second kappa shape index (κ2) is 5.16. The van der Waals surface area contributed by atoms with Crippen LogP contribution in [0.3, 0.4) is 0 Å². The summed E-state index contributed by atoms with van der Waals surface area (Å²) in [5.74, 6) is 1.43. The van der Waals surface area contributed by atoms with Crippen LogP contribution < -0.4 is 10.6 Å². The lowest BCUT2D eigenvalue weighted by molar-refractivity contribution is 0.297. The molecule has 1 aromatic rings. The molecule has 0 aliphatic heterocycles. The number of aliphatic hydroxyl groups is 1. The Morgan fingerprint density at radius 1 is 1.38 bits per heavy atom. The van der Waals surface area contributed by atoms with Gasteiger partial charge in [0.2, 0.25) is 0 Å². The Labute approximate surface area is 96.1 Å².